The van der Waals surface area contributed by atoms with Crippen molar-refractivity contribution in [3.8, 4) is 0 Å². The predicted octanol–water partition coefficient (Wildman–Crippen LogP) is 2.34. The number of fused-ring (bicyclic) bond motifs is 1. The van der Waals surface area contributed by atoms with Crippen LogP contribution in [0.25, 0.3) is 5.76 Å². The second kappa shape index (κ2) is 5.41. The number of nitrogens with zero attached hydrogens (tertiary/aromatic N) is 1. The van der Waals surface area contributed by atoms with Crippen molar-refractivity contribution in [2.75, 3.05) is 18.6 Å². The number of hydrogen-bond acceptors (Lipinski definition) is 5. The van der Waals surface area contributed by atoms with Crippen molar-refractivity contribution in [1.82, 2.24) is 0 Å². The number of carbonyl (C=O) groups excluding carboxylic acids is 2. The zero-order chi connectivity index (χ0) is 14.9. The molecule has 1 aromatic rings. The van der Waals surface area contributed by atoms with Gasteiger partial charge in [0, 0.05) is 7.05 Å². The lowest BCUT2D eigenvalue weighted by molar-refractivity contribution is -0.138. The van der Waals surface area contributed by atoms with Gasteiger partial charge in [-0.1, -0.05) is 17.7 Å². The first-order valence-electron chi connectivity index (χ1n) is 5.91. The summed E-state index contributed by atoms with van der Waals surface area (Å²) < 4.78 is 4.86. The van der Waals surface area contributed by atoms with Crippen LogP contribution < -0.4 is 4.90 Å². The van der Waals surface area contributed by atoms with Gasteiger partial charge in [0.2, 0.25) is 0 Å². The van der Waals surface area contributed by atoms with Crippen molar-refractivity contribution in [3.05, 3.63) is 40.1 Å². The highest BCUT2D eigenvalue weighted by Gasteiger charge is 2.34. The Bertz CT molecular complexity index is 659. The number of aliphatic hydroxyl groups is 1. The molecule has 6 heteroatoms. The van der Waals surface area contributed by atoms with E-state index in [9.17, 15) is 14.7 Å². The van der Waals surface area contributed by atoms with Gasteiger partial charge in [-0.3, -0.25) is 0 Å². The standard InChI is InChI=1S/C14H12ClNO4/c1-3-20-14(19)12-10(7-17)16(2)9-6-4-5-8(15)11(9)13(12)18/h4-6,18H,3H2,1-2H3. The van der Waals surface area contributed by atoms with E-state index < -0.39 is 5.97 Å². The molecule has 1 aliphatic rings. The summed E-state index contributed by atoms with van der Waals surface area (Å²) in [6.45, 7) is 1.76. The summed E-state index contributed by atoms with van der Waals surface area (Å²) in [6, 6.07) is 4.95. The van der Waals surface area contributed by atoms with Crippen LogP contribution in [-0.2, 0) is 14.3 Å². The van der Waals surface area contributed by atoms with Crippen molar-refractivity contribution in [2.24, 2.45) is 0 Å². The molecule has 0 aromatic heterocycles. The summed E-state index contributed by atoms with van der Waals surface area (Å²) in [5, 5.41) is 10.6. The molecule has 0 saturated carbocycles. The summed E-state index contributed by atoms with van der Waals surface area (Å²) in [7, 11) is 1.58. The molecule has 0 radical (unpaired) electrons. The Morgan fingerprint density at radius 3 is 2.80 bits per heavy atom. The van der Waals surface area contributed by atoms with E-state index in [4.69, 9.17) is 16.3 Å². The van der Waals surface area contributed by atoms with Gasteiger partial charge in [-0.2, -0.15) is 0 Å². The van der Waals surface area contributed by atoms with Gasteiger partial charge in [0.1, 0.15) is 17.0 Å². The summed E-state index contributed by atoms with van der Waals surface area (Å²) in [5.74, 6) is 0.499. The molecule has 1 heterocycles. The fraction of sp³-hybridized carbons (Fsp3) is 0.214. The van der Waals surface area contributed by atoms with Gasteiger partial charge >= 0.3 is 5.97 Å². The highest BCUT2D eigenvalue weighted by Crippen LogP contribution is 2.41. The average molecular weight is 294 g/mol. The van der Waals surface area contributed by atoms with E-state index >= 15 is 0 Å². The monoisotopic (exact) mass is 293 g/mol. The van der Waals surface area contributed by atoms with E-state index in [1.54, 1.807) is 38.1 Å². The molecule has 0 fully saturated rings. The maximum absolute atomic E-state index is 11.9. The van der Waals surface area contributed by atoms with Crippen LogP contribution in [-0.4, -0.2) is 30.7 Å². The van der Waals surface area contributed by atoms with Crippen molar-refractivity contribution in [3.63, 3.8) is 0 Å². The van der Waals surface area contributed by atoms with Crippen LogP contribution in [0.2, 0.25) is 5.02 Å². The minimum absolute atomic E-state index is 0.0873. The number of likely N-dealkylation sites (N-methyl/N-ethyl adjacent to an activating group) is 1. The molecule has 0 saturated heterocycles. The van der Waals surface area contributed by atoms with Crippen molar-refractivity contribution >= 4 is 35.0 Å². The molecular weight excluding hydrogens is 282 g/mol. The number of anilines is 1. The van der Waals surface area contributed by atoms with Crippen LogP contribution in [0.4, 0.5) is 5.69 Å². The summed E-state index contributed by atoms with van der Waals surface area (Å²) >= 11 is 6.06. The number of halogens is 1. The number of rotatable bonds is 2. The fourth-order valence-electron chi connectivity index (χ4n) is 2.07. The van der Waals surface area contributed by atoms with Crippen LogP contribution in [0.15, 0.2) is 29.5 Å². The van der Waals surface area contributed by atoms with Crippen LogP contribution in [0, 0.1) is 0 Å². The zero-order valence-electron chi connectivity index (χ0n) is 10.9. The number of esters is 1. The first-order chi connectivity index (χ1) is 9.52. The van der Waals surface area contributed by atoms with Crippen LogP contribution in [0.5, 0.6) is 0 Å². The second-order valence-corrected chi connectivity index (χ2v) is 4.49. The molecule has 0 bridgehead atoms. The van der Waals surface area contributed by atoms with E-state index in [1.807, 2.05) is 0 Å². The SMILES string of the molecule is CCOC(=O)C1=C(O)c2c(Cl)cccc2N(C)C1=C=O. The van der Waals surface area contributed by atoms with Crippen molar-refractivity contribution in [2.45, 2.75) is 6.92 Å². The molecular formula is C14H12ClNO4. The first-order valence-corrected chi connectivity index (χ1v) is 6.29. The maximum Gasteiger partial charge on any atom is 0.344 e. The molecule has 0 amide bonds. The summed E-state index contributed by atoms with van der Waals surface area (Å²) in [6.07, 6.45) is 0. The normalized spacial score (nSPS) is 13.9. The van der Waals surface area contributed by atoms with E-state index in [1.165, 1.54) is 4.90 Å². The molecule has 0 atom stereocenters. The quantitative estimate of drug-likeness (QED) is 0.669. The van der Waals surface area contributed by atoms with Gasteiger partial charge in [0.15, 0.2) is 5.94 Å². The van der Waals surface area contributed by atoms with E-state index in [-0.39, 0.29) is 28.7 Å². The second-order valence-electron chi connectivity index (χ2n) is 4.09. The Morgan fingerprint density at radius 2 is 2.20 bits per heavy atom. The minimum Gasteiger partial charge on any atom is -0.506 e. The molecule has 0 aliphatic carbocycles. The van der Waals surface area contributed by atoms with Gasteiger partial charge in [0.25, 0.3) is 0 Å². The molecule has 1 N–H and O–H groups in total. The smallest absolute Gasteiger partial charge is 0.344 e. The highest BCUT2D eigenvalue weighted by atomic mass is 35.5. The Kier molecular flexibility index (Phi) is 3.84. The lowest BCUT2D eigenvalue weighted by Gasteiger charge is -2.29. The van der Waals surface area contributed by atoms with E-state index in [2.05, 4.69) is 0 Å². The van der Waals surface area contributed by atoms with Gasteiger partial charge in [-0.15, -0.1) is 0 Å². The van der Waals surface area contributed by atoms with Crippen molar-refractivity contribution in [1.29, 1.82) is 0 Å². The van der Waals surface area contributed by atoms with Gasteiger partial charge < -0.3 is 14.7 Å². The molecule has 1 aromatic carbocycles. The third-order valence-electron chi connectivity index (χ3n) is 2.98. The van der Waals surface area contributed by atoms with Gasteiger partial charge in [-0.25, -0.2) is 9.59 Å². The summed E-state index contributed by atoms with van der Waals surface area (Å²) in [4.78, 5) is 24.5. The molecule has 20 heavy (non-hydrogen) atoms. The molecule has 5 nitrogen and oxygen atoms in total. The van der Waals surface area contributed by atoms with Crippen LogP contribution >= 0.6 is 11.6 Å². The van der Waals surface area contributed by atoms with Crippen LogP contribution in [0.3, 0.4) is 0 Å². The molecule has 0 spiro atoms. The third-order valence-corrected chi connectivity index (χ3v) is 3.29. The third kappa shape index (κ3) is 2.07. The molecule has 0 unspecified atom stereocenters. The van der Waals surface area contributed by atoms with E-state index in [0.717, 1.165) is 0 Å². The Labute approximate surface area is 120 Å². The Morgan fingerprint density at radius 1 is 1.50 bits per heavy atom. The Balaban J connectivity index is 2.75. The number of benzene rings is 1. The van der Waals surface area contributed by atoms with Gasteiger partial charge in [0.05, 0.1) is 22.9 Å². The van der Waals surface area contributed by atoms with Crippen molar-refractivity contribution < 1.29 is 19.4 Å². The number of hydrogen-bond donors (Lipinski definition) is 1. The molecule has 2 rings (SSSR count). The predicted molar refractivity (Wildman–Crippen MR) is 75.2 cm³/mol. The number of carbonyl (C=O) groups is 1. The largest absolute Gasteiger partial charge is 0.506 e. The number of ether oxygens (including phenoxy) is 1. The summed E-state index contributed by atoms with van der Waals surface area (Å²) in [5.41, 5.74) is 0.487. The fourth-order valence-corrected chi connectivity index (χ4v) is 2.33. The average Bonchev–Trinajstić information content (AvgIpc) is 2.42. The zero-order valence-corrected chi connectivity index (χ0v) is 11.7. The molecule has 1 aliphatic heterocycles. The van der Waals surface area contributed by atoms with Crippen LogP contribution in [0.1, 0.15) is 12.5 Å². The highest BCUT2D eigenvalue weighted by molar-refractivity contribution is 6.33. The lowest BCUT2D eigenvalue weighted by atomic mass is 9.98. The maximum atomic E-state index is 11.9. The molecule has 104 valence electrons. The topological polar surface area (TPSA) is 66.8 Å². The lowest BCUT2D eigenvalue weighted by Crippen LogP contribution is -2.28. The van der Waals surface area contributed by atoms with E-state index in [0.29, 0.717) is 11.3 Å². The first kappa shape index (κ1) is 14.2. The Hall–Kier alpha value is -2.23. The van der Waals surface area contributed by atoms with Gasteiger partial charge in [-0.05, 0) is 19.1 Å². The number of aliphatic hydroxyl groups excluding tert-OH is 1. The minimum atomic E-state index is -0.791.